The van der Waals surface area contributed by atoms with Crippen molar-refractivity contribution in [2.24, 2.45) is 0 Å². The van der Waals surface area contributed by atoms with Gasteiger partial charge in [0.15, 0.2) is 0 Å². The number of benzene rings is 2. The molecular formula is C19H22FN2O2+. The van der Waals surface area contributed by atoms with Crippen LogP contribution in [-0.2, 0) is 0 Å². The number of anilines is 1. The van der Waals surface area contributed by atoms with E-state index in [9.17, 15) is 9.18 Å². The highest BCUT2D eigenvalue weighted by atomic mass is 19.1. The van der Waals surface area contributed by atoms with Gasteiger partial charge in [0.25, 0.3) is 0 Å². The van der Waals surface area contributed by atoms with Crippen LogP contribution in [0.1, 0.15) is 10.4 Å². The third-order valence-corrected chi connectivity index (χ3v) is 4.46. The second-order valence-corrected chi connectivity index (χ2v) is 6.05. The van der Waals surface area contributed by atoms with Crippen molar-refractivity contribution in [3.8, 4) is 5.75 Å². The van der Waals surface area contributed by atoms with Crippen LogP contribution in [0.25, 0.3) is 0 Å². The third kappa shape index (κ3) is 3.92. The monoisotopic (exact) mass is 329 g/mol. The van der Waals surface area contributed by atoms with Crippen molar-refractivity contribution in [1.29, 1.82) is 0 Å². The maximum Gasteiger partial charge on any atom is 0.216 e. The van der Waals surface area contributed by atoms with E-state index in [1.54, 1.807) is 13.2 Å². The van der Waals surface area contributed by atoms with Crippen LogP contribution in [0.3, 0.4) is 0 Å². The Morgan fingerprint density at radius 2 is 1.88 bits per heavy atom. The average molecular weight is 329 g/mol. The fraction of sp³-hybridized carbons (Fsp3) is 0.316. The molecule has 0 radical (unpaired) electrons. The number of ketones is 1. The van der Waals surface area contributed by atoms with E-state index in [0.717, 1.165) is 31.9 Å². The Hall–Kier alpha value is -2.40. The van der Waals surface area contributed by atoms with Crippen molar-refractivity contribution in [1.82, 2.24) is 0 Å². The van der Waals surface area contributed by atoms with Gasteiger partial charge in [-0.2, -0.15) is 0 Å². The van der Waals surface area contributed by atoms with Gasteiger partial charge in [-0.05, 0) is 36.4 Å². The number of rotatable bonds is 5. The van der Waals surface area contributed by atoms with Crippen LogP contribution >= 0.6 is 0 Å². The van der Waals surface area contributed by atoms with E-state index < -0.39 is 0 Å². The summed E-state index contributed by atoms with van der Waals surface area (Å²) in [6, 6.07) is 13.9. The predicted molar refractivity (Wildman–Crippen MR) is 91.5 cm³/mol. The first kappa shape index (κ1) is 16.5. The Balaban J connectivity index is 1.55. The number of hydrogen-bond acceptors (Lipinski definition) is 3. The van der Waals surface area contributed by atoms with Crippen molar-refractivity contribution in [3.63, 3.8) is 0 Å². The van der Waals surface area contributed by atoms with Gasteiger partial charge in [-0.15, -0.1) is 0 Å². The zero-order valence-corrected chi connectivity index (χ0v) is 13.8. The number of Topliss-reactive ketones (excluding diaryl/α,β-unsaturated/α-hetero) is 1. The van der Waals surface area contributed by atoms with Gasteiger partial charge in [-0.25, -0.2) is 4.39 Å². The predicted octanol–water partition coefficient (Wildman–Crippen LogP) is 1.42. The summed E-state index contributed by atoms with van der Waals surface area (Å²) in [4.78, 5) is 16.0. The molecule has 0 aliphatic carbocycles. The van der Waals surface area contributed by atoms with Gasteiger partial charge in [0.1, 0.15) is 18.1 Å². The van der Waals surface area contributed by atoms with E-state index in [4.69, 9.17) is 4.74 Å². The lowest BCUT2D eigenvalue weighted by Crippen LogP contribution is -3.15. The summed E-state index contributed by atoms with van der Waals surface area (Å²) in [5.74, 6) is 0.628. The number of hydrogen-bond donors (Lipinski definition) is 1. The Morgan fingerprint density at radius 1 is 1.17 bits per heavy atom. The van der Waals surface area contributed by atoms with Crippen LogP contribution in [0, 0.1) is 5.82 Å². The zero-order chi connectivity index (χ0) is 16.9. The number of carbonyl (C=O) groups excluding carboxylic acids is 1. The van der Waals surface area contributed by atoms with Gasteiger partial charge < -0.3 is 14.5 Å². The maximum absolute atomic E-state index is 13.0. The van der Waals surface area contributed by atoms with E-state index in [2.05, 4.69) is 4.90 Å². The molecule has 24 heavy (non-hydrogen) atoms. The zero-order valence-electron chi connectivity index (χ0n) is 13.8. The quantitative estimate of drug-likeness (QED) is 0.843. The molecule has 2 aromatic carbocycles. The first-order valence-electron chi connectivity index (χ1n) is 8.17. The second-order valence-electron chi connectivity index (χ2n) is 6.05. The van der Waals surface area contributed by atoms with Crippen molar-refractivity contribution in [2.75, 3.05) is 44.7 Å². The number of nitrogens with one attached hydrogen (secondary N) is 1. The molecule has 0 bridgehead atoms. The van der Waals surface area contributed by atoms with Gasteiger partial charge in [-0.3, -0.25) is 4.79 Å². The first-order valence-corrected chi connectivity index (χ1v) is 8.17. The van der Waals surface area contributed by atoms with E-state index in [-0.39, 0.29) is 11.6 Å². The summed E-state index contributed by atoms with van der Waals surface area (Å²) in [6.07, 6.45) is 0. The topological polar surface area (TPSA) is 34.0 Å². The summed E-state index contributed by atoms with van der Waals surface area (Å²) in [6.45, 7) is 4.02. The highest BCUT2D eigenvalue weighted by Gasteiger charge is 2.23. The fourth-order valence-electron chi connectivity index (χ4n) is 3.04. The fourth-order valence-corrected chi connectivity index (χ4v) is 3.04. The number of nitrogens with zero attached hydrogens (tertiary/aromatic N) is 1. The normalized spacial score (nSPS) is 15.3. The standard InChI is InChI=1S/C19H21FN2O2/c1-24-18-4-2-3-15(13-18)19(23)14-21-9-11-22(12-10-21)17-7-5-16(20)6-8-17/h2-8,13H,9-12,14H2,1H3/p+1. The summed E-state index contributed by atoms with van der Waals surface area (Å²) in [5.41, 5.74) is 1.73. The second kappa shape index (κ2) is 7.45. The minimum atomic E-state index is -0.216. The number of halogens is 1. The molecule has 0 aromatic heterocycles. The SMILES string of the molecule is COc1cccc(C(=O)C[NH+]2CCN(c3ccc(F)cc3)CC2)c1. The molecule has 0 amide bonds. The summed E-state index contributed by atoms with van der Waals surface area (Å²) < 4.78 is 18.2. The van der Waals surface area contributed by atoms with Crippen LogP contribution in [0.5, 0.6) is 5.75 Å². The third-order valence-electron chi connectivity index (χ3n) is 4.46. The molecule has 4 nitrogen and oxygen atoms in total. The molecule has 1 heterocycles. The molecule has 2 aromatic rings. The highest BCUT2D eigenvalue weighted by molar-refractivity contribution is 5.97. The largest absolute Gasteiger partial charge is 0.497 e. The lowest BCUT2D eigenvalue weighted by molar-refractivity contribution is -0.892. The molecule has 0 unspecified atom stereocenters. The van der Waals surface area contributed by atoms with Gasteiger partial charge >= 0.3 is 0 Å². The number of ether oxygens (including phenoxy) is 1. The van der Waals surface area contributed by atoms with Crippen molar-refractivity contribution < 1.29 is 18.8 Å². The molecule has 1 saturated heterocycles. The average Bonchev–Trinajstić information content (AvgIpc) is 2.63. The van der Waals surface area contributed by atoms with Crippen molar-refractivity contribution in [3.05, 3.63) is 59.9 Å². The molecule has 0 spiro atoms. The molecule has 3 rings (SSSR count). The van der Waals surface area contributed by atoms with Gasteiger partial charge in [0.2, 0.25) is 5.78 Å². The number of quaternary nitrogens is 1. The molecule has 1 fully saturated rings. The molecular weight excluding hydrogens is 307 g/mol. The lowest BCUT2D eigenvalue weighted by Gasteiger charge is -2.33. The Kier molecular flexibility index (Phi) is 5.11. The smallest absolute Gasteiger partial charge is 0.216 e. The summed E-state index contributed by atoms with van der Waals surface area (Å²) in [5, 5.41) is 0. The Labute approximate surface area is 141 Å². The highest BCUT2D eigenvalue weighted by Crippen LogP contribution is 2.15. The van der Waals surface area contributed by atoms with Gasteiger partial charge in [0.05, 0.1) is 33.3 Å². The van der Waals surface area contributed by atoms with E-state index in [0.29, 0.717) is 17.9 Å². The summed E-state index contributed by atoms with van der Waals surface area (Å²) >= 11 is 0. The Bertz CT molecular complexity index is 695. The van der Waals surface area contributed by atoms with Crippen LogP contribution in [0.4, 0.5) is 10.1 Å². The summed E-state index contributed by atoms with van der Waals surface area (Å²) in [7, 11) is 1.60. The van der Waals surface area contributed by atoms with Gasteiger partial charge in [0, 0.05) is 11.3 Å². The number of methoxy groups -OCH3 is 1. The van der Waals surface area contributed by atoms with E-state index in [1.807, 2.05) is 30.3 Å². The van der Waals surface area contributed by atoms with Crippen LogP contribution < -0.4 is 14.5 Å². The number of carbonyl (C=O) groups is 1. The van der Waals surface area contributed by atoms with E-state index in [1.165, 1.54) is 17.0 Å². The minimum Gasteiger partial charge on any atom is -0.497 e. The lowest BCUT2D eigenvalue weighted by atomic mass is 10.1. The van der Waals surface area contributed by atoms with Crippen LogP contribution in [0.2, 0.25) is 0 Å². The van der Waals surface area contributed by atoms with Crippen LogP contribution in [0.15, 0.2) is 48.5 Å². The molecule has 1 aliphatic rings. The van der Waals surface area contributed by atoms with E-state index >= 15 is 0 Å². The van der Waals surface area contributed by atoms with Gasteiger partial charge in [-0.1, -0.05) is 12.1 Å². The molecule has 1 N–H and O–H groups in total. The molecule has 1 aliphatic heterocycles. The van der Waals surface area contributed by atoms with Crippen molar-refractivity contribution in [2.45, 2.75) is 0 Å². The number of piperazine rings is 1. The van der Waals surface area contributed by atoms with Crippen LogP contribution in [-0.4, -0.2) is 45.6 Å². The molecule has 0 atom stereocenters. The molecule has 5 heteroatoms. The first-order chi connectivity index (χ1) is 11.7. The molecule has 126 valence electrons. The molecule has 0 saturated carbocycles. The Morgan fingerprint density at radius 3 is 2.54 bits per heavy atom. The minimum absolute atomic E-state index is 0.138. The maximum atomic E-state index is 13.0. The van der Waals surface area contributed by atoms with Crippen molar-refractivity contribution >= 4 is 11.5 Å².